The number of benzene rings is 4. The average molecular weight is 505 g/mol. The highest BCUT2D eigenvalue weighted by molar-refractivity contribution is 5.94. The molecule has 4 aromatic rings. The van der Waals surface area contributed by atoms with E-state index in [1.165, 1.54) is 11.1 Å². The van der Waals surface area contributed by atoms with Gasteiger partial charge in [-0.25, -0.2) is 0 Å². The summed E-state index contributed by atoms with van der Waals surface area (Å²) < 4.78 is 0. The van der Waals surface area contributed by atoms with E-state index in [0.29, 0.717) is 12.8 Å². The van der Waals surface area contributed by atoms with Crippen LogP contribution in [0.15, 0.2) is 84.9 Å². The van der Waals surface area contributed by atoms with Crippen LogP contribution in [0.2, 0.25) is 0 Å². The van der Waals surface area contributed by atoms with Gasteiger partial charge in [-0.1, -0.05) is 91.9 Å². The zero-order valence-corrected chi connectivity index (χ0v) is 22.7. The van der Waals surface area contributed by atoms with Crippen molar-refractivity contribution in [3.63, 3.8) is 0 Å². The Labute approximate surface area is 226 Å². The maximum Gasteiger partial charge on any atom is 0.228 e. The molecule has 4 heteroatoms. The molecule has 2 amide bonds. The van der Waals surface area contributed by atoms with Crippen LogP contribution >= 0.6 is 0 Å². The third-order valence-electron chi connectivity index (χ3n) is 6.80. The lowest BCUT2D eigenvalue weighted by atomic mass is 9.95. The fourth-order valence-electron chi connectivity index (χ4n) is 5.02. The first-order valence-electron chi connectivity index (χ1n) is 13.2. The zero-order valence-electron chi connectivity index (χ0n) is 22.7. The van der Waals surface area contributed by atoms with Crippen LogP contribution in [-0.2, 0) is 35.3 Å². The lowest BCUT2D eigenvalue weighted by molar-refractivity contribution is -0.116. The predicted molar refractivity (Wildman–Crippen MR) is 157 cm³/mol. The Morgan fingerprint density at radius 1 is 0.579 bits per heavy atom. The molecule has 0 aliphatic rings. The third-order valence-corrected chi connectivity index (χ3v) is 6.80. The third kappa shape index (κ3) is 6.98. The number of nitrogens with one attached hydrogen (secondary N) is 2. The molecule has 194 valence electrons. The molecule has 0 radical (unpaired) electrons. The Balaban J connectivity index is 1.46. The lowest BCUT2D eigenvalue weighted by Gasteiger charge is -2.17. The van der Waals surface area contributed by atoms with Crippen molar-refractivity contribution in [2.75, 3.05) is 10.6 Å². The molecule has 0 aromatic heterocycles. The number of hydrogen-bond donors (Lipinski definition) is 2. The summed E-state index contributed by atoms with van der Waals surface area (Å²) in [5, 5.41) is 6.26. The molecule has 4 aromatic carbocycles. The standard InChI is InChI=1S/C34H36N2O2/c1-5-30-20-29(18-25(4)34(30)36-32(38)22-27-14-10-7-11-15-27)19-28-16-23(2)33(24(3)17-28)35-31(37)21-26-12-8-6-9-13-26/h6-18,20H,5,19,21-22H2,1-4H3,(H,35,37)(H,36,38). The fraction of sp³-hybridized carbons (Fsp3) is 0.235. The van der Waals surface area contributed by atoms with E-state index in [-0.39, 0.29) is 11.8 Å². The van der Waals surface area contributed by atoms with Gasteiger partial charge in [-0.15, -0.1) is 0 Å². The van der Waals surface area contributed by atoms with Crippen molar-refractivity contribution in [2.24, 2.45) is 0 Å². The number of hydrogen-bond acceptors (Lipinski definition) is 2. The highest BCUT2D eigenvalue weighted by Gasteiger charge is 2.14. The topological polar surface area (TPSA) is 58.2 Å². The van der Waals surface area contributed by atoms with Crippen LogP contribution in [0.1, 0.15) is 51.4 Å². The lowest BCUT2D eigenvalue weighted by Crippen LogP contribution is -2.17. The second-order valence-corrected chi connectivity index (χ2v) is 10.0. The number of aryl methyl sites for hydroxylation is 4. The van der Waals surface area contributed by atoms with Crippen molar-refractivity contribution in [2.45, 2.75) is 53.4 Å². The van der Waals surface area contributed by atoms with Crippen LogP contribution < -0.4 is 10.6 Å². The van der Waals surface area contributed by atoms with Gasteiger partial charge in [0.05, 0.1) is 12.8 Å². The Morgan fingerprint density at radius 3 is 1.47 bits per heavy atom. The molecule has 4 rings (SSSR count). The van der Waals surface area contributed by atoms with Gasteiger partial charge in [-0.3, -0.25) is 9.59 Å². The first kappa shape index (κ1) is 26.9. The fourth-order valence-corrected chi connectivity index (χ4v) is 5.02. The molecule has 4 nitrogen and oxygen atoms in total. The molecule has 0 atom stereocenters. The van der Waals surface area contributed by atoms with Gasteiger partial charge in [-0.05, 0) is 78.1 Å². The van der Waals surface area contributed by atoms with Gasteiger partial charge < -0.3 is 10.6 Å². The molecule has 0 saturated carbocycles. The van der Waals surface area contributed by atoms with Gasteiger partial charge in [0.25, 0.3) is 0 Å². The van der Waals surface area contributed by atoms with E-state index in [1.54, 1.807) is 0 Å². The van der Waals surface area contributed by atoms with Gasteiger partial charge in [0, 0.05) is 11.4 Å². The molecule has 0 bridgehead atoms. The highest BCUT2D eigenvalue weighted by Crippen LogP contribution is 2.28. The first-order valence-corrected chi connectivity index (χ1v) is 13.2. The molecular formula is C34H36N2O2. The SMILES string of the molecule is CCc1cc(Cc2cc(C)c(NC(=O)Cc3ccccc3)c(C)c2)cc(C)c1NC(=O)Cc1ccccc1. The van der Waals surface area contributed by atoms with Crippen molar-refractivity contribution >= 4 is 23.2 Å². The highest BCUT2D eigenvalue weighted by atomic mass is 16.2. The Morgan fingerprint density at radius 2 is 1.00 bits per heavy atom. The van der Waals surface area contributed by atoms with Crippen molar-refractivity contribution in [1.29, 1.82) is 0 Å². The maximum absolute atomic E-state index is 12.7. The molecule has 0 aliphatic heterocycles. The number of carbonyl (C=O) groups excluding carboxylic acids is 2. The second kappa shape index (κ2) is 12.4. The van der Waals surface area contributed by atoms with Crippen molar-refractivity contribution < 1.29 is 9.59 Å². The normalized spacial score (nSPS) is 10.7. The molecule has 0 heterocycles. The summed E-state index contributed by atoms with van der Waals surface area (Å²) in [6.07, 6.45) is 2.33. The quantitative estimate of drug-likeness (QED) is 0.255. The smallest absolute Gasteiger partial charge is 0.228 e. The van der Waals surface area contributed by atoms with E-state index >= 15 is 0 Å². The Kier molecular flexibility index (Phi) is 8.75. The molecule has 0 spiro atoms. The van der Waals surface area contributed by atoms with Crippen LogP contribution in [0.25, 0.3) is 0 Å². The predicted octanol–water partition coefficient (Wildman–Crippen LogP) is 7.13. The van der Waals surface area contributed by atoms with E-state index in [4.69, 9.17) is 0 Å². The van der Waals surface area contributed by atoms with Gasteiger partial charge >= 0.3 is 0 Å². The van der Waals surface area contributed by atoms with E-state index < -0.39 is 0 Å². The molecule has 0 unspecified atom stereocenters. The van der Waals surface area contributed by atoms with Gasteiger partial charge in [-0.2, -0.15) is 0 Å². The number of rotatable bonds is 9. The average Bonchev–Trinajstić information content (AvgIpc) is 2.89. The van der Waals surface area contributed by atoms with E-state index in [2.05, 4.69) is 48.7 Å². The minimum atomic E-state index is -0.0109. The van der Waals surface area contributed by atoms with Gasteiger partial charge in [0.1, 0.15) is 0 Å². The summed E-state index contributed by atoms with van der Waals surface area (Å²) in [5.74, 6) is -0.0128. The molecule has 0 saturated heterocycles. The van der Waals surface area contributed by atoms with Crippen LogP contribution in [0.5, 0.6) is 0 Å². The first-order chi connectivity index (χ1) is 18.3. The van der Waals surface area contributed by atoms with E-state index in [1.807, 2.05) is 74.5 Å². The Bertz CT molecular complexity index is 1400. The molecular weight excluding hydrogens is 468 g/mol. The molecule has 0 aliphatic carbocycles. The minimum Gasteiger partial charge on any atom is -0.325 e. The second-order valence-electron chi connectivity index (χ2n) is 10.0. The Hall–Kier alpha value is -4.18. The number of carbonyl (C=O) groups is 2. The van der Waals surface area contributed by atoms with Crippen molar-refractivity contribution in [1.82, 2.24) is 0 Å². The monoisotopic (exact) mass is 504 g/mol. The largest absolute Gasteiger partial charge is 0.325 e. The summed E-state index contributed by atoms with van der Waals surface area (Å²) in [6.45, 7) is 8.26. The van der Waals surface area contributed by atoms with Crippen LogP contribution in [0.4, 0.5) is 11.4 Å². The molecule has 38 heavy (non-hydrogen) atoms. The van der Waals surface area contributed by atoms with Crippen molar-refractivity contribution in [3.05, 3.63) is 129 Å². The maximum atomic E-state index is 12.7. The van der Waals surface area contributed by atoms with Gasteiger partial charge in [0.15, 0.2) is 0 Å². The summed E-state index contributed by atoms with van der Waals surface area (Å²) in [4.78, 5) is 25.4. The summed E-state index contributed by atoms with van der Waals surface area (Å²) in [6, 6.07) is 28.3. The zero-order chi connectivity index (χ0) is 27.1. The van der Waals surface area contributed by atoms with E-state index in [9.17, 15) is 9.59 Å². The van der Waals surface area contributed by atoms with Gasteiger partial charge in [0.2, 0.25) is 11.8 Å². The van der Waals surface area contributed by atoms with Crippen molar-refractivity contribution in [3.8, 4) is 0 Å². The summed E-state index contributed by atoms with van der Waals surface area (Å²) in [5.41, 5.74) is 10.5. The number of amides is 2. The molecule has 2 N–H and O–H groups in total. The minimum absolute atomic E-state index is 0.00194. The summed E-state index contributed by atoms with van der Waals surface area (Å²) in [7, 11) is 0. The number of anilines is 2. The molecule has 0 fully saturated rings. The van der Waals surface area contributed by atoms with Crippen LogP contribution in [-0.4, -0.2) is 11.8 Å². The van der Waals surface area contributed by atoms with E-state index in [0.717, 1.165) is 57.6 Å². The van der Waals surface area contributed by atoms with Crippen LogP contribution in [0.3, 0.4) is 0 Å². The van der Waals surface area contributed by atoms with Crippen LogP contribution in [0, 0.1) is 20.8 Å². The summed E-state index contributed by atoms with van der Waals surface area (Å²) >= 11 is 0.